The lowest BCUT2D eigenvalue weighted by Gasteiger charge is -2.52. The molecule has 4 aliphatic heterocycles. The van der Waals surface area contributed by atoms with Gasteiger partial charge in [-0.3, -0.25) is 24.1 Å². The van der Waals surface area contributed by atoms with Crippen LogP contribution in [0.4, 0.5) is 0 Å². The number of hydrogen-bond acceptors (Lipinski definition) is 18. The minimum Gasteiger partial charge on any atom is -0.394 e. The Morgan fingerprint density at radius 1 is 1.00 bits per heavy atom. The van der Waals surface area contributed by atoms with Crippen LogP contribution in [-0.2, 0) is 51.0 Å². The first kappa shape index (κ1) is 47.1. The van der Waals surface area contributed by atoms with E-state index in [0.717, 1.165) is 5.01 Å². The van der Waals surface area contributed by atoms with Crippen molar-refractivity contribution in [2.75, 3.05) is 32.9 Å². The molecule has 336 valence electrons. The average Bonchev–Trinajstić information content (AvgIpc) is 3.65. The van der Waals surface area contributed by atoms with Crippen molar-refractivity contribution in [2.45, 2.75) is 165 Å². The number of aliphatic hydroxyl groups is 7. The molecular weight excluding hydrogens is 782 g/mol. The van der Waals surface area contributed by atoms with E-state index in [1.165, 1.54) is 6.92 Å². The maximum atomic E-state index is 14.0. The highest BCUT2D eigenvalue weighted by atomic mass is 16.7. The fourth-order valence-electron chi connectivity index (χ4n) is 7.73. The van der Waals surface area contributed by atoms with Crippen molar-refractivity contribution in [3.63, 3.8) is 0 Å². The maximum Gasteiger partial charge on any atom is 0.252 e. The van der Waals surface area contributed by atoms with Crippen LogP contribution in [0.2, 0.25) is 0 Å². The van der Waals surface area contributed by atoms with E-state index in [1.807, 2.05) is 6.92 Å². The quantitative estimate of drug-likeness (QED) is 0.124. The minimum absolute atomic E-state index is 0.119. The molecule has 3 amide bonds. The van der Waals surface area contributed by atoms with Crippen molar-refractivity contribution in [3.8, 4) is 0 Å². The van der Waals surface area contributed by atoms with Crippen LogP contribution in [0.3, 0.4) is 0 Å². The lowest BCUT2D eigenvalue weighted by molar-refractivity contribution is -0.337. The number of nitrogens with one attached hydrogen (secondary N) is 3. The Labute approximate surface area is 342 Å². The molecule has 1 aromatic rings. The standard InChI is InChI=1S/C37H63N7O15/c1-7-37(5,6)59-31-28(52)29(53)35-57-30-24(40-18(2)47)33(56-22(15-46)27(30)51)36(3,4)17-39-44(20-16-55-21(14-45)26(50)25(20)49)23(48)10-9-19-13-43(42-41-19)12-8-11-38-34(54)32(31)58-35/h13,20-22,24-33,35,39,45-46,49-53H,7-12,14-17H2,1-6H3,(H,38,54)(H,40,47). The topological polar surface area (TPSA) is 309 Å². The molecule has 0 saturated carbocycles. The third-order valence-electron chi connectivity index (χ3n) is 11.6. The van der Waals surface area contributed by atoms with E-state index in [1.54, 1.807) is 38.6 Å². The molecule has 0 radical (unpaired) electrons. The van der Waals surface area contributed by atoms with Crippen molar-refractivity contribution >= 4 is 17.7 Å². The first-order chi connectivity index (χ1) is 27.8. The summed E-state index contributed by atoms with van der Waals surface area (Å²) in [5.74, 6) is -1.77. The molecule has 1 aromatic heterocycles. The number of carbonyl (C=O) groups is 3. The zero-order valence-electron chi connectivity index (χ0n) is 34.4. The number of ether oxygens (including phenoxy) is 5. The molecule has 3 fully saturated rings. The molecule has 59 heavy (non-hydrogen) atoms. The third-order valence-corrected chi connectivity index (χ3v) is 11.6. The molecule has 22 nitrogen and oxygen atoms in total. The molecule has 22 heteroatoms. The summed E-state index contributed by atoms with van der Waals surface area (Å²) in [7, 11) is 0. The second-order valence-electron chi connectivity index (χ2n) is 17.0. The number of rotatable bonds is 7. The first-order valence-electron chi connectivity index (χ1n) is 20.2. The van der Waals surface area contributed by atoms with E-state index in [2.05, 4.69) is 26.4 Å². The largest absolute Gasteiger partial charge is 0.394 e. The van der Waals surface area contributed by atoms with Crippen LogP contribution >= 0.6 is 0 Å². The number of hydrogen-bond donors (Lipinski definition) is 10. The summed E-state index contributed by atoms with van der Waals surface area (Å²) in [5.41, 5.74) is 1.55. The van der Waals surface area contributed by atoms with Crippen molar-refractivity contribution in [2.24, 2.45) is 5.41 Å². The van der Waals surface area contributed by atoms with Crippen LogP contribution in [0, 0.1) is 5.41 Å². The number of fused-ring (bicyclic) bond motifs is 6. The van der Waals surface area contributed by atoms with Crippen LogP contribution in [0.15, 0.2) is 6.20 Å². The first-order valence-corrected chi connectivity index (χ1v) is 20.2. The number of hydrazine groups is 1. The lowest BCUT2D eigenvalue weighted by atomic mass is 9.77. The van der Waals surface area contributed by atoms with Crippen molar-refractivity contribution in [1.82, 2.24) is 36.1 Å². The van der Waals surface area contributed by atoms with E-state index in [0.29, 0.717) is 25.1 Å². The molecule has 5 rings (SSSR count). The fourth-order valence-corrected chi connectivity index (χ4v) is 7.73. The van der Waals surface area contributed by atoms with Crippen molar-refractivity contribution in [3.05, 3.63) is 11.9 Å². The summed E-state index contributed by atoms with van der Waals surface area (Å²) in [6, 6.07) is -2.37. The molecule has 5 heterocycles. The monoisotopic (exact) mass is 845 g/mol. The number of carbonyl (C=O) groups excluding carboxylic acids is 3. The molecule has 0 aromatic carbocycles. The Bertz CT molecular complexity index is 1570. The highest BCUT2D eigenvalue weighted by Gasteiger charge is 2.56. The van der Waals surface area contributed by atoms with Crippen LogP contribution in [0.25, 0.3) is 0 Å². The van der Waals surface area contributed by atoms with Gasteiger partial charge in [0.2, 0.25) is 11.8 Å². The summed E-state index contributed by atoms with van der Waals surface area (Å²) in [6.45, 7) is 8.77. The number of amides is 3. The highest BCUT2D eigenvalue weighted by Crippen LogP contribution is 2.37. The van der Waals surface area contributed by atoms with E-state index >= 15 is 0 Å². The molecule has 14 unspecified atom stereocenters. The van der Waals surface area contributed by atoms with E-state index in [4.69, 9.17) is 23.7 Å². The van der Waals surface area contributed by atoms with Crippen LogP contribution in [0.5, 0.6) is 0 Å². The Balaban J connectivity index is 1.53. The molecule has 0 aliphatic carbocycles. The van der Waals surface area contributed by atoms with Crippen molar-refractivity contribution in [1.29, 1.82) is 0 Å². The van der Waals surface area contributed by atoms with Crippen molar-refractivity contribution < 1.29 is 73.8 Å². The smallest absolute Gasteiger partial charge is 0.252 e. The van der Waals surface area contributed by atoms with Gasteiger partial charge in [-0.05, 0) is 26.7 Å². The molecule has 0 spiro atoms. The predicted molar refractivity (Wildman–Crippen MR) is 201 cm³/mol. The molecule has 6 bridgehead atoms. The Kier molecular flexibility index (Phi) is 15.8. The summed E-state index contributed by atoms with van der Waals surface area (Å²) in [6.07, 6.45) is -15.4. The van der Waals surface area contributed by atoms with E-state index in [9.17, 15) is 50.1 Å². The van der Waals surface area contributed by atoms with Gasteiger partial charge in [-0.15, -0.1) is 5.10 Å². The zero-order valence-corrected chi connectivity index (χ0v) is 34.4. The molecule has 3 saturated heterocycles. The van der Waals surface area contributed by atoms with Crippen LogP contribution in [-0.4, -0.2) is 197 Å². The highest BCUT2D eigenvalue weighted by molar-refractivity contribution is 5.81. The van der Waals surface area contributed by atoms with Gasteiger partial charge >= 0.3 is 0 Å². The molecule has 4 aliphatic rings. The second kappa shape index (κ2) is 19.8. The van der Waals surface area contributed by atoms with Gasteiger partial charge in [0.1, 0.15) is 61.0 Å². The molecular formula is C37H63N7O15. The average molecular weight is 846 g/mol. The Morgan fingerprint density at radius 3 is 2.37 bits per heavy atom. The third kappa shape index (κ3) is 10.9. The minimum atomic E-state index is -1.83. The summed E-state index contributed by atoms with van der Waals surface area (Å²) < 4.78 is 32.0. The normalized spacial score (nSPS) is 38.1. The van der Waals surface area contributed by atoms with Crippen LogP contribution < -0.4 is 16.1 Å². The summed E-state index contributed by atoms with van der Waals surface area (Å²) in [5, 5.41) is 91.5. The van der Waals surface area contributed by atoms with Gasteiger partial charge in [-0.2, -0.15) is 0 Å². The fraction of sp³-hybridized carbons (Fsp3) is 0.865. The lowest BCUT2D eigenvalue weighted by Crippen LogP contribution is -2.71. The number of aliphatic hydroxyl groups excluding tert-OH is 7. The zero-order chi connectivity index (χ0) is 43.4. The maximum absolute atomic E-state index is 14.0. The van der Waals surface area contributed by atoms with Gasteiger partial charge in [-0.25, -0.2) is 5.43 Å². The number of aromatic nitrogens is 3. The molecule has 14 atom stereocenters. The summed E-state index contributed by atoms with van der Waals surface area (Å²) >= 11 is 0. The van der Waals surface area contributed by atoms with Gasteiger partial charge in [0.25, 0.3) is 5.91 Å². The Morgan fingerprint density at radius 2 is 1.71 bits per heavy atom. The van der Waals surface area contributed by atoms with Gasteiger partial charge < -0.3 is 70.1 Å². The summed E-state index contributed by atoms with van der Waals surface area (Å²) in [4.78, 5) is 40.6. The van der Waals surface area contributed by atoms with Gasteiger partial charge in [-0.1, -0.05) is 26.0 Å². The van der Waals surface area contributed by atoms with Gasteiger partial charge in [0, 0.05) is 51.0 Å². The number of aryl methyl sites for hydroxylation is 2. The van der Waals surface area contributed by atoms with E-state index < -0.39 is 127 Å². The second-order valence-corrected chi connectivity index (χ2v) is 17.0. The predicted octanol–water partition coefficient (Wildman–Crippen LogP) is -4.40. The van der Waals surface area contributed by atoms with Gasteiger partial charge in [0.05, 0.1) is 43.3 Å². The van der Waals surface area contributed by atoms with Gasteiger partial charge in [0.15, 0.2) is 12.4 Å². The van der Waals surface area contributed by atoms with Crippen LogP contribution in [0.1, 0.15) is 66.5 Å². The SMILES string of the molecule is CCC(C)(C)OC1C2OC(OC3C(O)C(CO)OC(C3NC(C)=O)C(C)(C)CNN(C3COC(CO)C(O)C3O)C(=O)CCc3cn(nn3)CCCNC2=O)C(O)C1O. The molecule has 10 N–H and O–H groups in total. The Hall–Kier alpha value is -2.97. The number of nitrogens with zero attached hydrogens (tertiary/aromatic N) is 4. The van der Waals surface area contributed by atoms with E-state index in [-0.39, 0.29) is 32.5 Å².